The molecule has 0 saturated heterocycles. The van der Waals surface area contributed by atoms with Crippen LogP contribution in [0.25, 0.3) is 16.6 Å². The summed E-state index contributed by atoms with van der Waals surface area (Å²) in [5.74, 6) is 0.410. The quantitative estimate of drug-likeness (QED) is 0.605. The molecule has 0 N–H and O–H groups in total. The summed E-state index contributed by atoms with van der Waals surface area (Å²) in [6.07, 6.45) is 0. The molecule has 16 heavy (non-hydrogen) atoms. The van der Waals surface area contributed by atoms with Gasteiger partial charge in [0.15, 0.2) is 5.65 Å². The van der Waals surface area contributed by atoms with Crippen LogP contribution in [0, 0.1) is 6.92 Å². The first-order valence-corrected chi connectivity index (χ1v) is 5.49. The minimum absolute atomic E-state index is 0.410. The second-order valence-corrected chi connectivity index (χ2v) is 4.05. The highest BCUT2D eigenvalue weighted by atomic mass is 35.5. The van der Waals surface area contributed by atoms with E-state index in [0.717, 1.165) is 22.1 Å². The molecular weight excluding hydrogens is 224 g/mol. The molecule has 0 amide bonds. The van der Waals surface area contributed by atoms with E-state index in [4.69, 9.17) is 11.6 Å². The number of hydrogen-bond acceptors (Lipinski definition) is 3. The van der Waals surface area contributed by atoms with E-state index in [-0.39, 0.29) is 0 Å². The second kappa shape index (κ2) is 3.42. The van der Waals surface area contributed by atoms with Crippen LogP contribution >= 0.6 is 11.6 Å². The largest absolute Gasteiger partial charge is 0.192 e. The molecule has 0 saturated carbocycles. The van der Waals surface area contributed by atoms with E-state index in [1.165, 1.54) is 5.56 Å². The highest BCUT2D eigenvalue weighted by molar-refractivity contribution is 6.17. The van der Waals surface area contributed by atoms with Crippen molar-refractivity contribution in [2.75, 3.05) is 0 Å². The lowest BCUT2D eigenvalue weighted by molar-refractivity contribution is 0.841. The molecule has 4 nitrogen and oxygen atoms in total. The zero-order valence-electron chi connectivity index (χ0n) is 8.68. The molecule has 1 aromatic carbocycles. The van der Waals surface area contributed by atoms with Crippen LogP contribution < -0.4 is 0 Å². The minimum Gasteiger partial charge on any atom is -0.192 e. The maximum atomic E-state index is 5.89. The summed E-state index contributed by atoms with van der Waals surface area (Å²) in [7, 11) is 0. The van der Waals surface area contributed by atoms with E-state index in [1.807, 2.05) is 18.2 Å². The number of tetrazole rings is 1. The van der Waals surface area contributed by atoms with Gasteiger partial charge in [0.2, 0.25) is 0 Å². The molecule has 2 aromatic heterocycles. The van der Waals surface area contributed by atoms with Crippen molar-refractivity contribution < 1.29 is 0 Å². The highest BCUT2D eigenvalue weighted by Gasteiger charge is 2.08. The van der Waals surface area contributed by atoms with Gasteiger partial charge in [-0.3, -0.25) is 0 Å². The van der Waals surface area contributed by atoms with E-state index in [0.29, 0.717) is 5.88 Å². The Hall–Kier alpha value is -1.68. The molecule has 0 bridgehead atoms. The molecule has 0 unspecified atom stereocenters. The third-order valence-electron chi connectivity index (χ3n) is 2.64. The number of benzene rings is 1. The predicted octanol–water partition coefficient (Wildman–Crippen LogP) is 2.32. The fraction of sp³-hybridized carbons (Fsp3) is 0.182. The van der Waals surface area contributed by atoms with Crippen molar-refractivity contribution in [2.24, 2.45) is 0 Å². The third-order valence-corrected chi connectivity index (χ3v) is 2.93. The first-order valence-electron chi connectivity index (χ1n) is 4.96. The monoisotopic (exact) mass is 232 g/mol. The number of aryl methyl sites for hydroxylation is 1. The summed E-state index contributed by atoms with van der Waals surface area (Å²) in [4.78, 5) is 0. The Morgan fingerprint density at radius 2 is 2.19 bits per heavy atom. The number of aromatic nitrogens is 4. The molecular formula is C11H9ClN4. The maximum absolute atomic E-state index is 5.89. The van der Waals surface area contributed by atoms with Gasteiger partial charge in [0, 0.05) is 10.9 Å². The zero-order chi connectivity index (χ0) is 11.1. The van der Waals surface area contributed by atoms with Crippen LogP contribution in [0.3, 0.4) is 0 Å². The molecule has 80 valence electrons. The van der Waals surface area contributed by atoms with Crippen molar-refractivity contribution in [2.45, 2.75) is 12.8 Å². The lowest BCUT2D eigenvalue weighted by Crippen LogP contribution is -1.95. The van der Waals surface area contributed by atoms with Crippen LogP contribution in [0.1, 0.15) is 11.1 Å². The fourth-order valence-corrected chi connectivity index (χ4v) is 2.08. The number of nitrogens with zero attached hydrogens (tertiary/aromatic N) is 4. The van der Waals surface area contributed by atoms with Crippen LogP contribution in [0.5, 0.6) is 0 Å². The van der Waals surface area contributed by atoms with E-state index in [9.17, 15) is 0 Å². The van der Waals surface area contributed by atoms with Crippen molar-refractivity contribution in [3.05, 3.63) is 35.4 Å². The molecule has 0 atom stereocenters. The summed E-state index contributed by atoms with van der Waals surface area (Å²) in [5.41, 5.74) is 3.89. The number of halogens is 1. The van der Waals surface area contributed by atoms with Gasteiger partial charge >= 0.3 is 0 Å². The van der Waals surface area contributed by atoms with Crippen molar-refractivity contribution in [3.8, 4) is 0 Å². The van der Waals surface area contributed by atoms with E-state index < -0.39 is 0 Å². The average Bonchev–Trinajstić information content (AvgIpc) is 2.76. The van der Waals surface area contributed by atoms with Gasteiger partial charge in [-0.1, -0.05) is 11.6 Å². The van der Waals surface area contributed by atoms with Gasteiger partial charge in [0.25, 0.3) is 0 Å². The van der Waals surface area contributed by atoms with Gasteiger partial charge in [-0.05, 0) is 35.5 Å². The standard InChI is InChI=1S/C11H9ClN4/c1-7-2-3-10-8(4-7)5-9(6-12)11-13-14-15-16(10)11/h2-5H,6H2,1H3. The summed E-state index contributed by atoms with van der Waals surface area (Å²) in [5, 5.41) is 12.8. The lowest BCUT2D eigenvalue weighted by atomic mass is 10.1. The molecule has 0 spiro atoms. The molecule has 0 aliphatic carbocycles. The normalized spacial score (nSPS) is 11.4. The number of pyridine rings is 1. The van der Waals surface area contributed by atoms with E-state index in [1.54, 1.807) is 4.52 Å². The molecule has 2 heterocycles. The summed E-state index contributed by atoms with van der Waals surface area (Å²) in [6, 6.07) is 8.21. The zero-order valence-corrected chi connectivity index (χ0v) is 9.44. The van der Waals surface area contributed by atoms with Crippen LogP contribution in [-0.4, -0.2) is 20.0 Å². The van der Waals surface area contributed by atoms with Gasteiger partial charge in [0.05, 0.1) is 11.4 Å². The number of alkyl halides is 1. The Morgan fingerprint density at radius 1 is 1.31 bits per heavy atom. The smallest absolute Gasteiger partial charge is 0.184 e. The molecule has 3 aromatic rings. The fourth-order valence-electron chi connectivity index (χ4n) is 1.88. The van der Waals surface area contributed by atoms with Crippen LogP contribution in [0.2, 0.25) is 0 Å². The van der Waals surface area contributed by atoms with Crippen LogP contribution in [0.15, 0.2) is 24.3 Å². The molecule has 5 heteroatoms. The molecule has 0 aliphatic heterocycles. The summed E-state index contributed by atoms with van der Waals surface area (Å²) >= 11 is 5.89. The lowest BCUT2D eigenvalue weighted by Gasteiger charge is -2.04. The molecule has 0 aliphatic rings. The van der Waals surface area contributed by atoms with E-state index in [2.05, 4.69) is 28.5 Å². The van der Waals surface area contributed by atoms with Crippen molar-refractivity contribution in [1.29, 1.82) is 0 Å². The maximum Gasteiger partial charge on any atom is 0.184 e. The highest BCUT2D eigenvalue weighted by Crippen LogP contribution is 2.21. The number of fused-ring (bicyclic) bond motifs is 3. The first-order chi connectivity index (χ1) is 7.79. The summed E-state index contributed by atoms with van der Waals surface area (Å²) < 4.78 is 1.73. The second-order valence-electron chi connectivity index (χ2n) is 3.78. The minimum atomic E-state index is 0.410. The van der Waals surface area contributed by atoms with Gasteiger partial charge in [-0.15, -0.1) is 16.7 Å². The SMILES string of the molecule is Cc1ccc2c(c1)cc(CCl)c1nnnn12. The van der Waals surface area contributed by atoms with Gasteiger partial charge < -0.3 is 0 Å². The number of hydrogen-bond donors (Lipinski definition) is 0. The average molecular weight is 233 g/mol. The first kappa shape index (κ1) is 9.54. The molecule has 0 fully saturated rings. The van der Waals surface area contributed by atoms with Crippen molar-refractivity contribution in [1.82, 2.24) is 20.0 Å². The Balaban J connectivity index is 2.53. The molecule has 3 rings (SSSR count). The Labute approximate surface area is 96.8 Å². The molecule has 0 radical (unpaired) electrons. The Kier molecular flexibility index (Phi) is 2.04. The van der Waals surface area contributed by atoms with Gasteiger partial charge in [0.1, 0.15) is 0 Å². The van der Waals surface area contributed by atoms with Crippen LogP contribution in [-0.2, 0) is 5.88 Å². The topological polar surface area (TPSA) is 43.1 Å². The Morgan fingerprint density at radius 3 is 3.00 bits per heavy atom. The van der Waals surface area contributed by atoms with Crippen molar-refractivity contribution in [3.63, 3.8) is 0 Å². The van der Waals surface area contributed by atoms with Gasteiger partial charge in [-0.2, -0.15) is 4.52 Å². The van der Waals surface area contributed by atoms with Gasteiger partial charge in [-0.25, -0.2) is 0 Å². The predicted molar refractivity (Wildman–Crippen MR) is 62.6 cm³/mol. The summed E-state index contributed by atoms with van der Waals surface area (Å²) in [6.45, 7) is 2.06. The third kappa shape index (κ3) is 1.27. The number of rotatable bonds is 1. The Bertz CT molecular complexity index is 674. The van der Waals surface area contributed by atoms with Crippen LogP contribution in [0.4, 0.5) is 0 Å². The van der Waals surface area contributed by atoms with Crippen molar-refractivity contribution >= 4 is 28.2 Å². The van der Waals surface area contributed by atoms with E-state index >= 15 is 0 Å².